The van der Waals surface area contributed by atoms with Crippen molar-refractivity contribution in [2.75, 3.05) is 31.2 Å². The molecule has 1 aromatic heterocycles. The molecule has 132 valence electrons. The lowest BCUT2D eigenvalue weighted by Crippen LogP contribution is -2.36. The van der Waals surface area contributed by atoms with E-state index in [2.05, 4.69) is 16.0 Å². The van der Waals surface area contributed by atoms with E-state index in [1.807, 2.05) is 32.9 Å². The minimum Gasteiger partial charge on any atom is -0.480 e. The molecule has 6 nitrogen and oxygen atoms in total. The van der Waals surface area contributed by atoms with Crippen LogP contribution in [0.2, 0.25) is 0 Å². The Bertz CT molecular complexity index is 690. The van der Waals surface area contributed by atoms with Crippen LogP contribution in [0.3, 0.4) is 0 Å². The van der Waals surface area contributed by atoms with Crippen molar-refractivity contribution in [3.63, 3.8) is 0 Å². The van der Waals surface area contributed by atoms with Gasteiger partial charge in [0.25, 0.3) is 0 Å². The molecule has 24 heavy (non-hydrogen) atoms. The molecule has 1 aliphatic rings. The van der Waals surface area contributed by atoms with Gasteiger partial charge in [-0.15, -0.1) is 0 Å². The number of hydrogen-bond donors (Lipinski definition) is 3. The quantitative estimate of drug-likeness (QED) is 0.798. The average molecular weight is 333 g/mol. The Kier molecular flexibility index (Phi) is 6.23. The number of aromatic amines is 1. The van der Waals surface area contributed by atoms with Crippen molar-refractivity contribution >= 4 is 22.6 Å². The number of fused-ring (bicyclic) bond motifs is 1. The number of H-pyrrole nitrogens is 1. The van der Waals surface area contributed by atoms with Gasteiger partial charge in [-0.25, -0.2) is 0 Å². The van der Waals surface area contributed by atoms with Crippen molar-refractivity contribution in [3.05, 3.63) is 29.5 Å². The fraction of sp³-hybridized carbons (Fsp3) is 0.500. The van der Waals surface area contributed by atoms with E-state index in [1.54, 1.807) is 0 Å². The summed E-state index contributed by atoms with van der Waals surface area (Å²) in [7, 11) is 0. The lowest BCUT2D eigenvalue weighted by molar-refractivity contribution is -0.138. The largest absolute Gasteiger partial charge is 0.480 e. The molecule has 0 saturated carbocycles. The number of aromatic nitrogens is 1. The number of aryl methyl sites for hydroxylation is 1. The number of aliphatic carboxylic acids is 1. The normalized spacial score (nSPS) is 15.8. The summed E-state index contributed by atoms with van der Waals surface area (Å²) in [6.45, 7) is 9.15. The lowest BCUT2D eigenvalue weighted by Gasteiger charge is -2.29. The molecule has 1 aromatic carbocycles. The number of nitrogens with one attached hydrogen (secondary N) is 1. The van der Waals surface area contributed by atoms with E-state index >= 15 is 0 Å². The molecule has 6 heteroatoms. The molecule has 0 aliphatic carbocycles. The van der Waals surface area contributed by atoms with Gasteiger partial charge in [0.1, 0.15) is 6.04 Å². The summed E-state index contributed by atoms with van der Waals surface area (Å²) in [5.41, 5.74) is 9.86. The second-order valence-corrected chi connectivity index (χ2v) is 5.68. The summed E-state index contributed by atoms with van der Waals surface area (Å²) in [6.07, 6.45) is 0.327. The average Bonchev–Trinajstić information content (AvgIpc) is 2.93. The van der Waals surface area contributed by atoms with Crippen LogP contribution in [0, 0.1) is 6.92 Å². The fourth-order valence-electron chi connectivity index (χ4n) is 3.03. The third-order valence-electron chi connectivity index (χ3n) is 4.23. The standard InChI is InChI=1S/C16H21N3O3.C2H6/c1-10-12(9-13(17)16(20)21)11-3-2-4-14(15(11)18-10)19-5-7-22-8-6-19;1-2/h2-4,13,18H,5-9,17H2,1H3,(H,20,21);1-2H3. The second-order valence-electron chi connectivity index (χ2n) is 5.68. The predicted octanol–water partition coefficient (Wildman–Crippen LogP) is 2.29. The maximum absolute atomic E-state index is 11.0. The highest BCUT2D eigenvalue weighted by atomic mass is 16.5. The highest BCUT2D eigenvalue weighted by molar-refractivity contribution is 5.95. The smallest absolute Gasteiger partial charge is 0.320 e. The molecular weight excluding hydrogens is 306 g/mol. The Balaban J connectivity index is 0.00000100. The van der Waals surface area contributed by atoms with Crippen molar-refractivity contribution in [1.29, 1.82) is 0 Å². The van der Waals surface area contributed by atoms with E-state index < -0.39 is 12.0 Å². The molecule has 2 aromatic rings. The van der Waals surface area contributed by atoms with Crippen LogP contribution in [0.25, 0.3) is 10.9 Å². The molecule has 1 atom stereocenters. The first kappa shape index (κ1) is 18.3. The van der Waals surface area contributed by atoms with E-state index in [0.29, 0.717) is 6.42 Å². The Labute approximate surface area is 142 Å². The first-order valence-corrected chi connectivity index (χ1v) is 8.49. The van der Waals surface area contributed by atoms with E-state index in [4.69, 9.17) is 15.6 Å². The molecular formula is C18H27N3O3. The summed E-state index contributed by atoms with van der Waals surface area (Å²) in [5.74, 6) is -0.974. The number of benzene rings is 1. The van der Waals surface area contributed by atoms with Crippen molar-refractivity contribution in [2.45, 2.75) is 33.2 Å². The summed E-state index contributed by atoms with van der Waals surface area (Å²) in [6, 6.07) is 5.23. The van der Waals surface area contributed by atoms with Crippen LogP contribution in [-0.2, 0) is 16.0 Å². The number of carboxylic acids is 1. The van der Waals surface area contributed by atoms with Gasteiger partial charge in [-0.2, -0.15) is 0 Å². The van der Waals surface area contributed by atoms with E-state index in [0.717, 1.165) is 54.2 Å². The molecule has 1 aliphatic heterocycles. The zero-order chi connectivity index (χ0) is 17.7. The molecule has 4 N–H and O–H groups in total. The van der Waals surface area contributed by atoms with Gasteiger partial charge in [0, 0.05) is 30.6 Å². The van der Waals surface area contributed by atoms with Gasteiger partial charge in [0.15, 0.2) is 0 Å². The first-order valence-electron chi connectivity index (χ1n) is 8.49. The lowest BCUT2D eigenvalue weighted by atomic mass is 10.0. The molecule has 3 rings (SSSR count). The maximum atomic E-state index is 11.0. The monoisotopic (exact) mass is 333 g/mol. The van der Waals surface area contributed by atoms with Gasteiger partial charge in [0.2, 0.25) is 0 Å². The predicted molar refractivity (Wildman–Crippen MR) is 96.7 cm³/mol. The molecule has 1 unspecified atom stereocenters. The van der Waals surface area contributed by atoms with Crippen LogP contribution < -0.4 is 10.6 Å². The SMILES string of the molecule is CC.Cc1[nH]c2c(N3CCOCC3)cccc2c1CC(N)C(=O)O. The van der Waals surface area contributed by atoms with Gasteiger partial charge in [-0.3, -0.25) is 4.79 Å². The van der Waals surface area contributed by atoms with Crippen LogP contribution in [0.4, 0.5) is 5.69 Å². The fourth-order valence-corrected chi connectivity index (χ4v) is 3.03. The Hall–Kier alpha value is -2.05. The topological polar surface area (TPSA) is 91.6 Å². The van der Waals surface area contributed by atoms with Gasteiger partial charge in [-0.1, -0.05) is 26.0 Å². The minimum absolute atomic E-state index is 0.327. The number of nitrogens with two attached hydrogens (primary N) is 1. The van der Waals surface area contributed by atoms with Gasteiger partial charge in [0.05, 0.1) is 24.4 Å². The number of hydrogen-bond acceptors (Lipinski definition) is 4. The Morgan fingerprint density at radius 2 is 2.04 bits per heavy atom. The molecule has 1 fully saturated rings. The molecule has 0 bridgehead atoms. The first-order chi connectivity index (χ1) is 11.6. The third kappa shape index (κ3) is 3.71. The number of morpholine rings is 1. The van der Waals surface area contributed by atoms with Crippen LogP contribution in [0.1, 0.15) is 25.1 Å². The number of carboxylic acid groups (broad SMARTS) is 1. The van der Waals surface area contributed by atoms with E-state index in [1.165, 1.54) is 0 Å². The number of rotatable bonds is 4. The van der Waals surface area contributed by atoms with E-state index in [9.17, 15) is 4.79 Å². The Morgan fingerprint density at radius 1 is 1.38 bits per heavy atom. The molecule has 2 heterocycles. The van der Waals surface area contributed by atoms with Gasteiger partial charge in [-0.05, 0) is 18.6 Å². The van der Waals surface area contributed by atoms with Crippen molar-refractivity contribution < 1.29 is 14.6 Å². The van der Waals surface area contributed by atoms with Crippen LogP contribution in [0.5, 0.6) is 0 Å². The number of nitrogens with zero attached hydrogens (tertiary/aromatic N) is 1. The third-order valence-corrected chi connectivity index (χ3v) is 4.23. The zero-order valence-electron chi connectivity index (χ0n) is 14.6. The number of anilines is 1. The maximum Gasteiger partial charge on any atom is 0.320 e. The highest BCUT2D eigenvalue weighted by Gasteiger charge is 2.20. The summed E-state index contributed by atoms with van der Waals surface area (Å²) in [5, 5.41) is 10.1. The second kappa shape index (κ2) is 8.17. The van der Waals surface area contributed by atoms with Gasteiger partial charge >= 0.3 is 5.97 Å². The van der Waals surface area contributed by atoms with Crippen LogP contribution in [-0.4, -0.2) is 48.4 Å². The number of carbonyl (C=O) groups is 1. The molecule has 0 radical (unpaired) electrons. The Morgan fingerprint density at radius 3 is 2.67 bits per heavy atom. The van der Waals surface area contributed by atoms with Gasteiger partial charge < -0.3 is 25.5 Å². The van der Waals surface area contributed by atoms with E-state index in [-0.39, 0.29) is 0 Å². The molecule has 1 saturated heterocycles. The molecule has 0 spiro atoms. The van der Waals surface area contributed by atoms with Crippen molar-refractivity contribution in [2.24, 2.45) is 5.73 Å². The molecule has 0 amide bonds. The van der Waals surface area contributed by atoms with Crippen molar-refractivity contribution in [1.82, 2.24) is 4.98 Å². The minimum atomic E-state index is -0.974. The summed E-state index contributed by atoms with van der Waals surface area (Å²) >= 11 is 0. The van der Waals surface area contributed by atoms with Crippen LogP contribution in [0.15, 0.2) is 18.2 Å². The van der Waals surface area contributed by atoms with Crippen molar-refractivity contribution in [3.8, 4) is 0 Å². The van der Waals surface area contributed by atoms with Crippen LogP contribution >= 0.6 is 0 Å². The summed E-state index contributed by atoms with van der Waals surface area (Å²) in [4.78, 5) is 16.7. The highest BCUT2D eigenvalue weighted by Crippen LogP contribution is 2.31. The number of para-hydroxylation sites is 1. The summed E-state index contributed by atoms with van der Waals surface area (Å²) < 4.78 is 5.41. The number of ether oxygens (including phenoxy) is 1. The zero-order valence-corrected chi connectivity index (χ0v) is 14.6.